The molecule has 0 fully saturated rings. The van der Waals surface area contributed by atoms with Gasteiger partial charge >= 0.3 is 5.97 Å². The molecule has 1 unspecified atom stereocenters. The summed E-state index contributed by atoms with van der Waals surface area (Å²) in [5.74, 6) is -0.252. The predicted molar refractivity (Wildman–Crippen MR) is 156 cm³/mol. The van der Waals surface area contributed by atoms with Crippen LogP contribution in [0.15, 0.2) is 59.5 Å². The monoisotopic (exact) mass is 562 g/mol. The molecular formula is C32H35ClN2O5. The molecule has 0 aliphatic rings. The fraction of sp³-hybridized carbons (Fsp3) is 0.375. The van der Waals surface area contributed by atoms with Crippen LogP contribution in [0.5, 0.6) is 5.75 Å². The number of methoxy groups -OCH3 is 1. The van der Waals surface area contributed by atoms with Gasteiger partial charge in [-0.2, -0.15) is 5.26 Å². The smallest absolute Gasteiger partial charge is 0.338 e. The van der Waals surface area contributed by atoms with E-state index in [1.165, 1.54) is 23.9 Å². The zero-order valence-corrected chi connectivity index (χ0v) is 24.8. The number of ether oxygens (including phenoxy) is 2. The molecule has 0 saturated carbocycles. The predicted octanol–water partition coefficient (Wildman–Crippen LogP) is 6.79. The zero-order valence-electron chi connectivity index (χ0n) is 24.0. The van der Waals surface area contributed by atoms with Gasteiger partial charge in [0.2, 0.25) is 0 Å². The highest BCUT2D eigenvalue weighted by atomic mass is 35.5. The molecule has 1 aromatic heterocycles. The number of hydrogen-bond acceptors (Lipinski definition) is 6. The lowest BCUT2D eigenvalue weighted by atomic mass is 9.85. The summed E-state index contributed by atoms with van der Waals surface area (Å²) in [7, 11) is 1.47. The van der Waals surface area contributed by atoms with Gasteiger partial charge in [0, 0.05) is 28.6 Å². The maximum absolute atomic E-state index is 13.7. The molecule has 0 aliphatic carbocycles. The van der Waals surface area contributed by atoms with Gasteiger partial charge in [0.15, 0.2) is 5.78 Å². The van der Waals surface area contributed by atoms with Crippen molar-refractivity contribution < 1.29 is 19.1 Å². The molecule has 8 heteroatoms. The van der Waals surface area contributed by atoms with Crippen LogP contribution in [0.3, 0.4) is 0 Å². The summed E-state index contributed by atoms with van der Waals surface area (Å²) in [6.45, 7) is 11.4. The number of nitrogens with zero attached hydrogens (tertiary/aromatic N) is 2. The van der Waals surface area contributed by atoms with Crippen molar-refractivity contribution in [2.75, 3.05) is 7.11 Å². The van der Waals surface area contributed by atoms with Gasteiger partial charge in [-0.05, 0) is 68.5 Å². The largest absolute Gasteiger partial charge is 0.495 e. The summed E-state index contributed by atoms with van der Waals surface area (Å²) in [5, 5.41) is 10.0. The number of carbonyl (C=O) groups excluding carboxylic acids is 2. The maximum Gasteiger partial charge on any atom is 0.338 e. The van der Waals surface area contributed by atoms with Gasteiger partial charge in [-0.25, -0.2) is 4.79 Å². The van der Waals surface area contributed by atoms with E-state index in [2.05, 4.69) is 6.07 Å². The molecule has 0 bridgehead atoms. The fourth-order valence-corrected chi connectivity index (χ4v) is 4.52. The van der Waals surface area contributed by atoms with Crippen LogP contribution in [0.1, 0.15) is 75.5 Å². The number of rotatable bonds is 8. The first kappa shape index (κ1) is 30.6. The Morgan fingerprint density at radius 1 is 1.00 bits per heavy atom. The number of benzene rings is 2. The van der Waals surface area contributed by atoms with E-state index in [4.69, 9.17) is 21.1 Å². The third kappa shape index (κ3) is 7.83. The average molecular weight is 563 g/mol. The summed E-state index contributed by atoms with van der Waals surface area (Å²) in [6, 6.07) is 14.3. The fourth-order valence-electron chi connectivity index (χ4n) is 4.34. The molecule has 3 rings (SSSR count). The zero-order chi connectivity index (χ0) is 29.8. The lowest BCUT2D eigenvalue weighted by molar-refractivity contribution is -0.122. The first-order chi connectivity index (χ1) is 18.6. The quantitative estimate of drug-likeness (QED) is 0.280. The first-order valence-electron chi connectivity index (χ1n) is 13.0. The molecule has 7 nitrogen and oxygen atoms in total. The van der Waals surface area contributed by atoms with Gasteiger partial charge < -0.3 is 14.0 Å². The molecule has 0 spiro atoms. The third-order valence-corrected chi connectivity index (χ3v) is 6.37. The Labute approximate surface area is 240 Å². The van der Waals surface area contributed by atoms with E-state index in [-0.39, 0.29) is 17.6 Å². The Kier molecular flexibility index (Phi) is 9.27. The number of esters is 1. The minimum atomic E-state index is -0.768. The average Bonchev–Trinajstić information content (AvgIpc) is 2.86. The van der Waals surface area contributed by atoms with Crippen LogP contribution in [-0.4, -0.2) is 29.0 Å². The van der Waals surface area contributed by atoms with Gasteiger partial charge in [0.1, 0.15) is 11.4 Å². The number of aromatic nitrogens is 1. The molecule has 3 aromatic rings. The lowest BCUT2D eigenvalue weighted by Gasteiger charge is -2.27. The maximum atomic E-state index is 13.7. The summed E-state index contributed by atoms with van der Waals surface area (Å²) < 4.78 is 12.4. The summed E-state index contributed by atoms with van der Waals surface area (Å²) in [4.78, 5) is 39.5. The van der Waals surface area contributed by atoms with Gasteiger partial charge in [-0.1, -0.05) is 44.5 Å². The summed E-state index contributed by atoms with van der Waals surface area (Å²) in [5.41, 5.74) is 1.06. The van der Waals surface area contributed by atoms with Crippen LogP contribution in [-0.2, 0) is 16.0 Å². The van der Waals surface area contributed by atoms with Gasteiger partial charge in [0.05, 0.1) is 36.5 Å². The molecule has 1 heterocycles. The highest BCUT2D eigenvalue weighted by Crippen LogP contribution is 2.35. The standard InChI is InChI=1S/C32H35ClN2O5/c1-31(2,3)17-26(27(36)14-20-8-10-21(11-9-20)30(38)40-32(4,5)6)35-19-28(39-7)25(16-29(35)37)24-15-23(33)13-12-22(24)18-34/h8-13,15-16,19,26H,14,17H2,1-7H3. The lowest BCUT2D eigenvalue weighted by Crippen LogP contribution is -2.33. The van der Waals surface area contributed by atoms with Gasteiger partial charge in [0.25, 0.3) is 5.56 Å². The van der Waals surface area contributed by atoms with Crippen LogP contribution >= 0.6 is 11.6 Å². The Balaban J connectivity index is 1.99. The Hall–Kier alpha value is -3.89. The Bertz CT molecular complexity index is 1500. The van der Waals surface area contributed by atoms with Crippen molar-refractivity contribution in [3.8, 4) is 22.9 Å². The molecule has 0 saturated heterocycles. The van der Waals surface area contributed by atoms with Crippen LogP contribution in [0.4, 0.5) is 0 Å². The molecule has 0 radical (unpaired) electrons. The number of hydrogen-bond donors (Lipinski definition) is 0. The van der Waals surface area contributed by atoms with E-state index in [0.29, 0.717) is 45.0 Å². The van der Waals surface area contributed by atoms with Crippen molar-refractivity contribution in [1.29, 1.82) is 5.26 Å². The van der Waals surface area contributed by atoms with Gasteiger partial charge in [-0.15, -0.1) is 0 Å². The SMILES string of the molecule is COc1cn(C(CC(C)(C)C)C(=O)Cc2ccc(C(=O)OC(C)(C)C)cc2)c(=O)cc1-c1cc(Cl)ccc1C#N. The third-order valence-electron chi connectivity index (χ3n) is 6.14. The molecule has 2 aromatic carbocycles. The molecular weight excluding hydrogens is 528 g/mol. The topological polar surface area (TPSA) is 98.4 Å². The number of nitriles is 1. The Morgan fingerprint density at radius 2 is 1.65 bits per heavy atom. The second kappa shape index (κ2) is 12.1. The van der Waals surface area contributed by atoms with Crippen LogP contribution in [0.25, 0.3) is 11.1 Å². The normalized spacial score (nSPS) is 12.4. The van der Waals surface area contributed by atoms with Crippen molar-refractivity contribution in [2.45, 2.75) is 66.0 Å². The first-order valence-corrected chi connectivity index (χ1v) is 13.3. The second-order valence-corrected chi connectivity index (χ2v) is 12.4. The van der Waals surface area contributed by atoms with Crippen molar-refractivity contribution >= 4 is 23.4 Å². The van der Waals surface area contributed by atoms with Crippen LogP contribution < -0.4 is 10.3 Å². The Morgan fingerprint density at radius 3 is 2.20 bits per heavy atom. The van der Waals surface area contributed by atoms with E-state index in [0.717, 1.165) is 0 Å². The molecule has 40 heavy (non-hydrogen) atoms. The van der Waals surface area contributed by atoms with Gasteiger partial charge in [-0.3, -0.25) is 9.59 Å². The highest BCUT2D eigenvalue weighted by Gasteiger charge is 2.29. The van der Waals surface area contributed by atoms with E-state index in [9.17, 15) is 19.6 Å². The number of Topliss-reactive ketones (excluding diaryl/α,β-unsaturated/α-hetero) is 1. The number of pyridine rings is 1. The number of ketones is 1. The second-order valence-electron chi connectivity index (χ2n) is 11.9. The molecule has 1 atom stereocenters. The van der Waals surface area contributed by atoms with E-state index in [1.54, 1.807) is 63.2 Å². The highest BCUT2D eigenvalue weighted by molar-refractivity contribution is 6.31. The van der Waals surface area contributed by atoms with E-state index in [1.807, 2.05) is 20.8 Å². The molecule has 210 valence electrons. The molecule has 0 N–H and O–H groups in total. The number of carbonyl (C=O) groups is 2. The number of halogens is 1. The van der Waals surface area contributed by atoms with Crippen LogP contribution in [0.2, 0.25) is 5.02 Å². The minimum Gasteiger partial charge on any atom is -0.495 e. The minimum absolute atomic E-state index is 0.0682. The molecule has 0 amide bonds. The van der Waals surface area contributed by atoms with Crippen molar-refractivity contribution in [1.82, 2.24) is 4.57 Å². The van der Waals surface area contributed by atoms with Crippen molar-refractivity contribution in [2.24, 2.45) is 5.41 Å². The van der Waals surface area contributed by atoms with Crippen molar-refractivity contribution in [3.63, 3.8) is 0 Å². The van der Waals surface area contributed by atoms with Crippen LogP contribution in [0, 0.1) is 16.7 Å². The van der Waals surface area contributed by atoms with Crippen molar-refractivity contribution in [3.05, 3.63) is 86.8 Å². The molecule has 0 aliphatic heterocycles. The summed E-state index contributed by atoms with van der Waals surface area (Å²) >= 11 is 6.18. The van der Waals surface area contributed by atoms with E-state index >= 15 is 0 Å². The van der Waals surface area contributed by atoms with E-state index < -0.39 is 23.2 Å². The summed E-state index contributed by atoms with van der Waals surface area (Å²) in [6.07, 6.45) is 2.00.